The molecular formula is C52H39N5. The van der Waals surface area contributed by atoms with E-state index < -0.39 is 0 Å². The van der Waals surface area contributed by atoms with Crippen molar-refractivity contribution in [2.24, 2.45) is 5.92 Å². The molecule has 9 aromatic rings. The number of fused-ring (bicyclic) bond motifs is 10. The molecule has 3 aliphatic rings. The third-order valence-electron chi connectivity index (χ3n) is 13.0. The first kappa shape index (κ1) is 32.4. The highest BCUT2D eigenvalue weighted by Gasteiger charge is 2.51. The predicted octanol–water partition coefficient (Wildman–Crippen LogP) is 12.2. The Hall–Kier alpha value is -6.85. The van der Waals surface area contributed by atoms with Crippen LogP contribution in [0.5, 0.6) is 0 Å². The van der Waals surface area contributed by atoms with E-state index in [1.54, 1.807) is 0 Å². The number of nitrogens with zero attached hydrogens (tertiary/aromatic N) is 5. The Morgan fingerprint density at radius 1 is 0.596 bits per heavy atom. The summed E-state index contributed by atoms with van der Waals surface area (Å²) in [6.07, 6.45) is 22.5. The van der Waals surface area contributed by atoms with Gasteiger partial charge in [-0.2, -0.15) is 0 Å². The van der Waals surface area contributed by atoms with Gasteiger partial charge in [0.1, 0.15) is 0 Å². The van der Waals surface area contributed by atoms with Crippen LogP contribution in [0.4, 0.5) is 0 Å². The number of allylic oxidation sites excluding steroid dienone is 3. The first-order chi connectivity index (χ1) is 28.3. The van der Waals surface area contributed by atoms with Crippen molar-refractivity contribution in [2.75, 3.05) is 0 Å². The Morgan fingerprint density at radius 3 is 2.19 bits per heavy atom. The van der Waals surface area contributed by atoms with Gasteiger partial charge < -0.3 is 9.13 Å². The van der Waals surface area contributed by atoms with Crippen LogP contribution in [0.15, 0.2) is 164 Å². The highest BCUT2D eigenvalue weighted by molar-refractivity contribution is 6.07. The molecule has 4 aromatic carbocycles. The molecule has 2 atom stereocenters. The maximum Gasteiger partial charge on any atom is 0.0978 e. The van der Waals surface area contributed by atoms with Gasteiger partial charge in [0.25, 0.3) is 0 Å². The number of pyridine rings is 3. The summed E-state index contributed by atoms with van der Waals surface area (Å²) in [6, 6.07) is 44.9. The standard InChI is InChI=1S/C52H39N5/c1-3-11-36(12-4-1)52(37-13-5-2-6-14-37)43-28-27-41-40-15-7-8-17-45(40)57(51(41)48(43)50-44(52)16-9-30-55-50)39-25-21-35(22-26-39)34-19-23-38(24-20-34)56-46-29-32-53-33-42(46)49-47(56)18-10-31-54-49/h1-5,8-12,16-33,37H,6-7,13-15H2. The number of aromatic nitrogens is 5. The molecule has 0 radical (unpaired) electrons. The van der Waals surface area contributed by atoms with Gasteiger partial charge in [0.05, 0.1) is 33.2 Å². The van der Waals surface area contributed by atoms with Crippen molar-refractivity contribution in [2.45, 2.75) is 37.5 Å². The number of hydrogen-bond donors (Lipinski definition) is 0. The van der Waals surface area contributed by atoms with Gasteiger partial charge in [0.15, 0.2) is 0 Å². The minimum absolute atomic E-state index is 0.284. The Kier molecular flexibility index (Phi) is 7.15. The monoisotopic (exact) mass is 733 g/mol. The molecule has 5 aromatic heterocycles. The van der Waals surface area contributed by atoms with Crippen LogP contribution in [0.2, 0.25) is 0 Å². The summed E-state index contributed by atoms with van der Waals surface area (Å²) < 4.78 is 4.82. The van der Waals surface area contributed by atoms with Crippen molar-refractivity contribution >= 4 is 38.9 Å². The molecule has 0 N–H and O–H groups in total. The molecule has 0 aliphatic heterocycles. The molecule has 5 heteroatoms. The number of hydrogen-bond acceptors (Lipinski definition) is 3. The summed E-state index contributed by atoms with van der Waals surface area (Å²) >= 11 is 0. The van der Waals surface area contributed by atoms with Gasteiger partial charge >= 0.3 is 0 Å². The van der Waals surface area contributed by atoms with E-state index in [4.69, 9.17) is 9.97 Å². The second kappa shape index (κ2) is 12.6. The molecule has 12 rings (SSSR count). The van der Waals surface area contributed by atoms with Crippen LogP contribution >= 0.6 is 0 Å². The average molecular weight is 734 g/mol. The van der Waals surface area contributed by atoms with Gasteiger partial charge in [-0.05, 0) is 126 Å². The van der Waals surface area contributed by atoms with Gasteiger partial charge in [0, 0.05) is 58.2 Å². The van der Waals surface area contributed by atoms with Gasteiger partial charge in [0.2, 0.25) is 0 Å². The summed E-state index contributed by atoms with van der Waals surface area (Å²) in [7, 11) is 0. The first-order valence-electron chi connectivity index (χ1n) is 20.2. The van der Waals surface area contributed by atoms with Crippen LogP contribution in [0, 0.1) is 5.92 Å². The van der Waals surface area contributed by atoms with Crippen LogP contribution in [-0.2, 0) is 11.8 Å². The molecule has 0 spiro atoms. The molecule has 2 unspecified atom stereocenters. The number of rotatable bonds is 5. The molecule has 5 nitrogen and oxygen atoms in total. The quantitative estimate of drug-likeness (QED) is 0.166. The van der Waals surface area contributed by atoms with Crippen molar-refractivity contribution in [3.63, 3.8) is 0 Å². The summed E-state index contributed by atoms with van der Waals surface area (Å²) in [5.41, 5.74) is 18.0. The second-order valence-electron chi connectivity index (χ2n) is 15.8. The summed E-state index contributed by atoms with van der Waals surface area (Å²) in [4.78, 5) is 14.3. The third-order valence-corrected chi connectivity index (χ3v) is 13.0. The van der Waals surface area contributed by atoms with E-state index in [9.17, 15) is 0 Å². The van der Waals surface area contributed by atoms with Gasteiger partial charge in [-0.1, -0.05) is 91.0 Å². The highest BCUT2D eigenvalue weighted by Crippen LogP contribution is 2.60. The Morgan fingerprint density at radius 2 is 1.39 bits per heavy atom. The first-order valence-corrected chi connectivity index (χ1v) is 20.2. The van der Waals surface area contributed by atoms with E-state index in [1.165, 1.54) is 61.2 Å². The van der Waals surface area contributed by atoms with Crippen molar-refractivity contribution in [3.8, 4) is 33.8 Å². The fraction of sp³-hybridized carbons (Fsp3) is 0.135. The van der Waals surface area contributed by atoms with Crippen LogP contribution in [0.25, 0.3) is 72.7 Å². The topological polar surface area (TPSA) is 48.5 Å². The zero-order chi connectivity index (χ0) is 37.5. The molecule has 57 heavy (non-hydrogen) atoms. The van der Waals surface area contributed by atoms with Gasteiger partial charge in [-0.15, -0.1) is 0 Å². The molecule has 5 heterocycles. The zero-order valence-corrected chi connectivity index (χ0v) is 31.5. The van der Waals surface area contributed by atoms with Gasteiger partial charge in [-0.3, -0.25) is 15.0 Å². The lowest BCUT2D eigenvalue weighted by atomic mass is 9.61. The second-order valence-corrected chi connectivity index (χ2v) is 15.8. The zero-order valence-electron chi connectivity index (χ0n) is 31.5. The van der Waals surface area contributed by atoms with Crippen LogP contribution in [-0.4, -0.2) is 24.1 Å². The van der Waals surface area contributed by atoms with Crippen LogP contribution in [0.1, 0.15) is 53.6 Å². The van der Waals surface area contributed by atoms with E-state index >= 15 is 0 Å². The molecule has 0 fully saturated rings. The van der Waals surface area contributed by atoms with Crippen molar-refractivity contribution in [1.82, 2.24) is 24.1 Å². The van der Waals surface area contributed by atoms with Crippen LogP contribution < -0.4 is 0 Å². The van der Waals surface area contributed by atoms with Crippen LogP contribution in [0.3, 0.4) is 0 Å². The minimum atomic E-state index is -0.284. The number of aryl methyl sites for hydroxylation is 1. The van der Waals surface area contributed by atoms with E-state index in [1.807, 2.05) is 30.9 Å². The Bertz CT molecular complexity index is 3040. The lowest BCUT2D eigenvalue weighted by Crippen LogP contribution is -2.36. The van der Waals surface area contributed by atoms with Crippen molar-refractivity contribution in [1.29, 1.82) is 0 Å². The van der Waals surface area contributed by atoms with E-state index in [0.717, 1.165) is 65.4 Å². The fourth-order valence-corrected chi connectivity index (χ4v) is 10.7. The minimum Gasteiger partial charge on any atom is -0.309 e. The molecule has 3 aliphatic carbocycles. The molecule has 272 valence electrons. The number of benzene rings is 4. The summed E-state index contributed by atoms with van der Waals surface area (Å²) in [5.74, 6) is 0.429. The van der Waals surface area contributed by atoms with Gasteiger partial charge in [-0.25, -0.2) is 0 Å². The highest BCUT2D eigenvalue weighted by atomic mass is 15.0. The molecule has 0 saturated carbocycles. The van der Waals surface area contributed by atoms with E-state index in [0.29, 0.717) is 5.92 Å². The Balaban J connectivity index is 1.01. The predicted molar refractivity (Wildman–Crippen MR) is 232 cm³/mol. The summed E-state index contributed by atoms with van der Waals surface area (Å²) in [6.45, 7) is 0. The molecule has 0 amide bonds. The van der Waals surface area contributed by atoms with Crippen molar-refractivity contribution in [3.05, 3.63) is 192 Å². The lowest BCUT2D eigenvalue weighted by Gasteiger charge is -2.41. The van der Waals surface area contributed by atoms with E-state index in [2.05, 4.69) is 154 Å². The van der Waals surface area contributed by atoms with Crippen molar-refractivity contribution < 1.29 is 0 Å². The fourth-order valence-electron chi connectivity index (χ4n) is 10.7. The van der Waals surface area contributed by atoms with E-state index in [-0.39, 0.29) is 5.41 Å². The largest absolute Gasteiger partial charge is 0.309 e. The maximum atomic E-state index is 5.26. The molecular weight excluding hydrogens is 695 g/mol. The Labute approximate surface area is 331 Å². The maximum absolute atomic E-state index is 5.26. The molecule has 0 saturated heterocycles. The smallest absolute Gasteiger partial charge is 0.0978 e. The summed E-state index contributed by atoms with van der Waals surface area (Å²) in [5, 5.41) is 2.40. The third kappa shape index (κ3) is 4.60. The SMILES string of the molecule is C1=Cc2c(c3ccc4c(c3n2-c2ccc(-c3ccc(-n5c6ccncc6c6ncccc65)cc3)cc2)-c2ncccc2C4(c2ccccc2)C2CC=CCC2)CC1. The normalized spacial score (nSPS) is 18.3. The average Bonchev–Trinajstić information content (AvgIpc) is 3.92. The lowest BCUT2D eigenvalue weighted by molar-refractivity contribution is 0.349. The molecule has 0 bridgehead atoms.